The number of rotatable bonds is 9. The van der Waals surface area contributed by atoms with Crippen LogP contribution in [0.4, 0.5) is 17.6 Å². The van der Waals surface area contributed by atoms with Crippen LogP contribution in [-0.2, 0) is 29.0 Å². The fourth-order valence-electron chi connectivity index (χ4n) is 15.7. The number of benzene rings is 3. The molecule has 68 heavy (non-hydrogen) atoms. The molecule has 2 amide bonds. The van der Waals surface area contributed by atoms with Crippen molar-refractivity contribution in [2.24, 2.45) is 46.3 Å². The predicted octanol–water partition coefficient (Wildman–Crippen LogP) is 12.3. The van der Waals surface area contributed by atoms with Crippen molar-refractivity contribution in [3.05, 3.63) is 82.4 Å². The van der Waals surface area contributed by atoms with Crippen LogP contribution in [0.15, 0.2) is 54.6 Å². The lowest BCUT2D eigenvalue weighted by Crippen LogP contribution is -2.47. The second-order valence-corrected chi connectivity index (χ2v) is 22.6. The van der Waals surface area contributed by atoms with Gasteiger partial charge in [-0.2, -0.15) is 0 Å². The Morgan fingerprint density at radius 1 is 0.647 bits per heavy atom. The first-order valence-electron chi connectivity index (χ1n) is 25.9. The van der Waals surface area contributed by atoms with Crippen LogP contribution in [0.5, 0.6) is 23.0 Å². The lowest BCUT2D eigenvalue weighted by atomic mass is 9.53. The van der Waals surface area contributed by atoms with E-state index in [1.807, 2.05) is 49.4 Å². The second-order valence-electron chi connectivity index (χ2n) is 22.6. The van der Waals surface area contributed by atoms with E-state index >= 15 is 17.6 Å². The molecule has 8 nitrogen and oxygen atoms in total. The average Bonchev–Trinajstić information content (AvgIpc) is 3.93. The fraction of sp³-hybridized carbons (Fsp3) is 0.643. The second kappa shape index (κ2) is 18.4. The monoisotopic (exact) mass is 943 g/mol. The maximum atomic E-state index is 15.5. The molecule has 7 aliphatic carbocycles. The SMILES string of the molecule is C[C@]12CCC3c4ccc(O)cc4CCC3C1[C@H](CCC(=O)NC1CCCCC1)CC2(F)F.C[C@]12CCC3c4ccc(O)cc4CCC3C1[C@H](CCC(=O)NCc1ccc3c(c1)OCO3)CC2(F)F. The van der Waals surface area contributed by atoms with Crippen molar-refractivity contribution in [1.82, 2.24) is 10.6 Å². The van der Waals surface area contributed by atoms with Crippen LogP contribution >= 0.6 is 0 Å². The first kappa shape index (κ1) is 47.2. The Kier molecular flexibility index (Phi) is 12.7. The van der Waals surface area contributed by atoms with Crippen LogP contribution in [0.25, 0.3) is 0 Å². The Hall–Kier alpha value is -4.48. The number of fused-ring (bicyclic) bond motifs is 11. The van der Waals surface area contributed by atoms with Gasteiger partial charge in [-0.3, -0.25) is 9.59 Å². The fourth-order valence-corrected chi connectivity index (χ4v) is 15.7. The van der Waals surface area contributed by atoms with Gasteiger partial charge in [0.2, 0.25) is 18.6 Å². The van der Waals surface area contributed by atoms with Gasteiger partial charge < -0.3 is 30.3 Å². The van der Waals surface area contributed by atoms with Crippen molar-refractivity contribution < 1.29 is 46.8 Å². The summed E-state index contributed by atoms with van der Waals surface area (Å²) >= 11 is 0. The summed E-state index contributed by atoms with van der Waals surface area (Å²) in [5, 5.41) is 25.9. The summed E-state index contributed by atoms with van der Waals surface area (Å²) in [5.41, 5.74) is 3.75. The van der Waals surface area contributed by atoms with Crippen LogP contribution in [0.2, 0.25) is 0 Å². The number of hydrogen-bond acceptors (Lipinski definition) is 6. The Morgan fingerprint density at radius 2 is 1.18 bits per heavy atom. The van der Waals surface area contributed by atoms with E-state index < -0.39 is 22.7 Å². The molecule has 11 rings (SSSR count). The highest BCUT2D eigenvalue weighted by molar-refractivity contribution is 5.76. The number of carbonyl (C=O) groups is 2. The zero-order chi connectivity index (χ0) is 47.6. The molecule has 5 saturated carbocycles. The molecule has 0 saturated heterocycles. The van der Waals surface area contributed by atoms with E-state index in [4.69, 9.17) is 9.47 Å². The number of carbonyl (C=O) groups excluding carboxylic acids is 2. The molecule has 3 aromatic rings. The molecule has 10 atom stereocenters. The highest BCUT2D eigenvalue weighted by Crippen LogP contribution is 2.70. The first-order chi connectivity index (χ1) is 32.5. The molecule has 12 heteroatoms. The largest absolute Gasteiger partial charge is 0.508 e. The van der Waals surface area contributed by atoms with E-state index in [0.717, 1.165) is 62.5 Å². The topological polar surface area (TPSA) is 117 Å². The van der Waals surface area contributed by atoms with Gasteiger partial charge in [-0.05, 0) is 189 Å². The molecular weight excluding hydrogens is 873 g/mol. The number of aromatic hydroxyl groups is 2. The molecule has 0 radical (unpaired) electrons. The van der Waals surface area contributed by atoms with Gasteiger partial charge in [0.05, 0.1) is 0 Å². The molecule has 5 fully saturated rings. The Bertz CT molecular complexity index is 2370. The number of phenols is 2. The van der Waals surface area contributed by atoms with Crippen LogP contribution in [0.3, 0.4) is 0 Å². The normalized spacial score (nSPS) is 33.6. The van der Waals surface area contributed by atoms with Crippen LogP contribution < -0.4 is 20.1 Å². The number of ether oxygens (including phenoxy) is 2. The molecule has 0 bridgehead atoms. The van der Waals surface area contributed by atoms with Crippen LogP contribution in [-0.4, -0.2) is 46.7 Å². The van der Waals surface area contributed by atoms with Crippen LogP contribution in [0, 0.1) is 46.3 Å². The van der Waals surface area contributed by atoms with E-state index in [1.165, 1.54) is 36.0 Å². The highest BCUT2D eigenvalue weighted by Gasteiger charge is 2.68. The third kappa shape index (κ3) is 8.64. The van der Waals surface area contributed by atoms with Gasteiger partial charge >= 0.3 is 0 Å². The molecule has 1 aliphatic heterocycles. The minimum absolute atomic E-state index is 0.0410. The minimum Gasteiger partial charge on any atom is -0.508 e. The van der Waals surface area contributed by atoms with E-state index in [0.29, 0.717) is 56.1 Å². The summed E-state index contributed by atoms with van der Waals surface area (Å²) in [6, 6.07) is 17.0. The van der Waals surface area contributed by atoms with Crippen molar-refractivity contribution in [3.63, 3.8) is 0 Å². The summed E-state index contributed by atoms with van der Waals surface area (Å²) in [6.07, 6.45) is 13.2. The summed E-state index contributed by atoms with van der Waals surface area (Å²) in [5.74, 6) is -2.95. The number of aryl methyl sites for hydroxylation is 2. The van der Waals surface area contributed by atoms with Gasteiger partial charge in [0, 0.05) is 49.1 Å². The van der Waals surface area contributed by atoms with E-state index in [9.17, 15) is 19.8 Å². The van der Waals surface area contributed by atoms with Gasteiger partial charge in [0.15, 0.2) is 11.5 Å². The zero-order valence-electron chi connectivity index (χ0n) is 39.8. The molecule has 0 spiro atoms. The molecule has 8 aliphatic rings. The lowest BCUT2D eigenvalue weighted by Gasteiger charge is -2.51. The Balaban J connectivity index is 0.000000160. The summed E-state index contributed by atoms with van der Waals surface area (Å²) in [4.78, 5) is 25.3. The Morgan fingerprint density at radius 3 is 1.74 bits per heavy atom. The van der Waals surface area contributed by atoms with Crippen molar-refractivity contribution in [1.29, 1.82) is 0 Å². The van der Waals surface area contributed by atoms with Crippen molar-refractivity contribution >= 4 is 11.8 Å². The number of hydrogen-bond donors (Lipinski definition) is 4. The van der Waals surface area contributed by atoms with Crippen molar-refractivity contribution in [2.75, 3.05) is 6.79 Å². The van der Waals surface area contributed by atoms with E-state index in [-0.39, 0.29) is 96.8 Å². The molecule has 0 aromatic heterocycles. The van der Waals surface area contributed by atoms with Gasteiger partial charge in [-0.25, -0.2) is 17.6 Å². The lowest BCUT2D eigenvalue weighted by molar-refractivity contribution is -0.133. The van der Waals surface area contributed by atoms with Gasteiger partial charge in [-0.15, -0.1) is 0 Å². The van der Waals surface area contributed by atoms with Gasteiger partial charge in [0.1, 0.15) is 11.5 Å². The predicted molar refractivity (Wildman–Crippen MR) is 251 cm³/mol. The quantitative estimate of drug-likeness (QED) is 0.159. The average molecular weight is 943 g/mol. The third-order valence-electron chi connectivity index (χ3n) is 19.0. The molecule has 6 unspecified atom stereocenters. The van der Waals surface area contributed by atoms with Crippen molar-refractivity contribution in [3.8, 4) is 23.0 Å². The molecule has 368 valence electrons. The van der Waals surface area contributed by atoms with E-state index in [2.05, 4.69) is 10.6 Å². The smallest absolute Gasteiger partial charge is 0.253 e. The maximum Gasteiger partial charge on any atom is 0.253 e. The zero-order valence-corrected chi connectivity index (χ0v) is 39.8. The summed E-state index contributed by atoms with van der Waals surface area (Å²) < 4.78 is 72.4. The summed E-state index contributed by atoms with van der Waals surface area (Å²) in [7, 11) is 0. The number of nitrogens with one attached hydrogen (secondary N) is 2. The van der Waals surface area contributed by atoms with Gasteiger partial charge in [-0.1, -0.05) is 51.3 Å². The number of phenolic OH excluding ortho intramolecular Hbond substituents is 2. The number of alkyl halides is 4. The minimum atomic E-state index is -2.72. The number of amides is 2. The molecule has 4 N–H and O–H groups in total. The highest BCUT2D eigenvalue weighted by atomic mass is 19.3. The Labute approximate surface area is 398 Å². The third-order valence-corrected chi connectivity index (χ3v) is 19.0. The van der Waals surface area contributed by atoms with Gasteiger partial charge in [0.25, 0.3) is 11.8 Å². The van der Waals surface area contributed by atoms with Crippen molar-refractivity contribution in [2.45, 2.75) is 172 Å². The standard InChI is InChI=1S/C29H33F2NO4.C27H37F2NO2/c1-28-11-10-22-21-7-5-20(33)13-18(21)3-6-23(22)27(28)19(14-29(28,30)31)4-9-26(34)32-15-17-2-8-24-25(12-17)36-16-35-24;1-26-14-13-22-21-11-9-20(31)15-17(21)7-10-23(22)25(26)18(16-27(26,28)29)8-12-24(32)30-19-5-3-2-4-6-19/h2,5,7-8,12-13,19,22-23,27,33H,3-4,6,9-11,14-16H2,1H3,(H,32,34);9,11,15,18-19,22-23,25,31H,2-8,10,12-14,16H2,1H3,(H,30,32)/t19-,22?,23?,27?,28+;18-,22?,23?,25?,26+/m11/s1. The summed E-state index contributed by atoms with van der Waals surface area (Å²) in [6.45, 7) is 4.18. The first-order valence-corrected chi connectivity index (χ1v) is 25.9. The molecular formula is C56H70F4N2O6. The molecule has 3 aromatic carbocycles. The van der Waals surface area contributed by atoms with Crippen LogP contribution in [0.1, 0.15) is 163 Å². The van der Waals surface area contributed by atoms with E-state index in [1.54, 1.807) is 19.1 Å². The maximum absolute atomic E-state index is 15.5. The number of halogens is 4. The molecule has 1 heterocycles.